The number of ether oxygens (including phenoxy) is 4. The van der Waals surface area contributed by atoms with Crippen LogP contribution in [0.5, 0.6) is 0 Å². The number of phosphoric acid groups is 2. The van der Waals surface area contributed by atoms with E-state index in [-0.39, 0.29) is 25.7 Å². The molecule has 0 aromatic rings. The van der Waals surface area contributed by atoms with E-state index < -0.39 is 97.5 Å². The van der Waals surface area contributed by atoms with Gasteiger partial charge in [0.2, 0.25) is 0 Å². The van der Waals surface area contributed by atoms with Crippen molar-refractivity contribution >= 4 is 39.5 Å². The normalized spacial score (nSPS) is 14.7. The van der Waals surface area contributed by atoms with E-state index in [1.165, 1.54) is 38.5 Å². The lowest BCUT2D eigenvalue weighted by atomic mass is 10.1. The van der Waals surface area contributed by atoms with Crippen LogP contribution in [0.15, 0.2) is 146 Å². The zero-order chi connectivity index (χ0) is 74.6. The molecule has 0 aromatic carbocycles. The van der Waals surface area contributed by atoms with Crippen molar-refractivity contribution < 1.29 is 80.2 Å². The maximum atomic E-state index is 13.1. The number of hydrogen-bond donors (Lipinski definition) is 3. The minimum absolute atomic E-state index is 0.0583. The Morgan fingerprint density at radius 3 is 0.824 bits per heavy atom. The van der Waals surface area contributed by atoms with Crippen molar-refractivity contribution in [1.82, 2.24) is 0 Å². The van der Waals surface area contributed by atoms with Crippen LogP contribution in [0.25, 0.3) is 0 Å². The van der Waals surface area contributed by atoms with Gasteiger partial charge in [-0.25, -0.2) is 9.13 Å². The van der Waals surface area contributed by atoms with Crippen molar-refractivity contribution in [2.75, 3.05) is 39.6 Å². The molecule has 582 valence electrons. The Labute approximate surface area is 617 Å². The summed E-state index contributed by atoms with van der Waals surface area (Å²) in [4.78, 5) is 72.9. The quantitative estimate of drug-likeness (QED) is 0.0169. The summed E-state index contributed by atoms with van der Waals surface area (Å²) in [5, 5.41) is 10.6. The smallest absolute Gasteiger partial charge is 0.462 e. The first kappa shape index (κ1) is 96.9. The van der Waals surface area contributed by atoms with Gasteiger partial charge in [0, 0.05) is 25.7 Å². The molecule has 102 heavy (non-hydrogen) atoms. The van der Waals surface area contributed by atoms with Gasteiger partial charge in [-0.05, 0) is 161 Å². The lowest BCUT2D eigenvalue weighted by Crippen LogP contribution is -2.30. The summed E-state index contributed by atoms with van der Waals surface area (Å²) >= 11 is 0. The second-order valence-electron chi connectivity index (χ2n) is 25.5. The molecule has 17 nitrogen and oxygen atoms in total. The molecule has 0 heterocycles. The number of unbranched alkanes of at least 4 members (excludes halogenated alkanes) is 22. The number of phosphoric ester groups is 2. The molecule has 0 bridgehead atoms. The van der Waals surface area contributed by atoms with E-state index in [1.807, 2.05) is 12.2 Å². The lowest BCUT2D eigenvalue weighted by Gasteiger charge is -2.21. The highest BCUT2D eigenvalue weighted by molar-refractivity contribution is 7.47. The summed E-state index contributed by atoms with van der Waals surface area (Å²) in [6, 6.07) is 0. The number of aliphatic hydroxyl groups excluding tert-OH is 1. The zero-order valence-electron chi connectivity index (χ0n) is 63.5. The molecule has 0 saturated carbocycles. The number of esters is 4. The molecule has 0 aliphatic carbocycles. The first-order valence-corrected chi connectivity index (χ1v) is 42.1. The van der Waals surface area contributed by atoms with Gasteiger partial charge < -0.3 is 33.8 Å². The van der Waals surface area contributed by atoms with Crippen molar-refractivity contribution in [3.05, 3.63) is 146 Å². The van der Waals surface area contributed by atoms with Crippen LogP contribution in [0.1, 0.15) is 297 Å². The Kier molecular flexibility index (Phi) is 70.5. The second-order valence-corrected chi connectivity index (χ2v) is 28.4. The standard InChI is InChI=1S/C83H138O17P2/c1-5-9-13-17-21-25-29-33-37-38-42-44-48-52-56-60-64-68-81(86)94-74-79(100-83(88)70-66-62-58-54-50-46-41-36-32-28-24-20-16-12-8-4)76-98-102(91,92)96-72-77(84)71-95-101(89,90)97-75-78(99-82(87)69-65-61-57-53-49-45-40-35-31-27-23-19-15-11-7-3)73-93-80(85)67-63-59-55-51-47-43-39-34-30-26-22-18-14-10-6-2/h9,12-13,16,21-28,33-37,39-42,44,52,56,77-79,84H,5-8,10-11,14-15,17-20,29-32,38,43,45-51,53-55,57-76H2,1-4H3,(H,89,90)(H,91,92)/b13-9-,16-12-,25-21-,26-22-,27-23-,28-24-,37-33-,39-34-,40-35-,41-36-,44-42-,56-52-. The van der Waals surface area contributed by atoms with Gasteiger partial charge in [0.25, 0.3) is 0 Å². The summed E-state index contributed by atoms with van der Waals surface area (Å²) < 4.78 is 68.5. The molecule has 5 unspecified atom stereocenters. The van der Waals surface area contributed by atoms with Gasteiger partial charge >= 0.3 is 39.5 Å². The second kappa shape index (κ2) is 74.2. The third-order valence-electron chi connectivity index (χ3n) is 15.8. The molecule has 0 fully saturated rings. The number of hydrogen-bond acceptors (Lipinski definition) is 15. The average molecular weight is 1470 g/mol. The number of rotatable bonds is 72. The Morgan fingerprint density at radius 1 is 0.284 bits per heavy atom. The van der Waals surface area contributed by atoms with Gasteiger partial charge in [0.1, 0.15) is 19.3 Å². The summed E-state index contributed by atoms with van der Waals surface area (Å²) in [6.45, 7) is 4.47. The van der Waals surface area contributed by atoms with Gasteiger partial charge in [-0.1, -0.05) is 257 Å². The molecule has 3 N–H and O–H groups in total. The highest BCUT2D eigenvalue weighted by Gasteiger charge is 2.30. The number of carbonyl (C=O) groups is 4. The molecular weight excluding hydrogens is 1330 g/mol. The summed E-state index contributed by atoms with van der Waals surface area (Å²) in [5.74, 6) is -2.30. The van der Waals surface area contributed by atoms with Gasteiger partial charge in [0.05, 0.1) is 26.4 Å². The fraction of sp³-hybridized carbons (Fsp3) is 0.663. The van der Waals surface area contributed by atoms with Crippen LogP contribution in [0.2, 0.25) is 0 Å². The highest BCUT2D eigenvalue weighted by Crippen LogP contribution is 2.45. The van der Waals surface area contributed by atoms with Crippen LogP contribution in [0.4, 0.5) is 0 Å². The monoisotopic (exact) mass is 1470 g/mol. The van der Waals surface area contributed by atoms with E-state index in [1.54, 1.807) is 0 Å². The van der Waals surface area contributed by atoms with E-state index in [4.69, 9.17) is 37.0 Å². The van der Waals surface area contributed by atoms with Gasteiger partial charge in [-0.15, -0.1) is 0 Å². The molecule has 0 amide bonds. The number of allylic oxidation sites excluding steroid dienone is 24. The first-order valence-electron chi connectivity index (χ1n) is 39.1. The predicted octanol–water partition coefficient (Wildman–Crippen LogP) is 22.7. The molecule has 0 rings (SSSR count). The van der Waals surface area contributed by atoms with Gasteiger partial charge in [0.15, 0.2) is 12.2 Å². The van der Waals surface area contributed by atoms with E-state index >= 15 is 0 Å². The van der Waals surface area contributed by atoms with Crippen LogP contribution in [-0.4, -0.2) is 96.7 Å². The summed E-state index contributed by atoms with van der Waals surface area (Å²) in [7, 11) is -9.99. The Balaban J connectivity index is 5.46. The summed E-state index contributed by atoms with van der Waals surface area (Å²) in [5.41, 5.74) is 0. The van der Waals surface area contributed by atoms with Crippen molar-refractivity contribution in [2.24, 2.45) is 0 Å². The largest absolute Gasteiger partial charge is 0.472 e. The highest BCUT2D eigenvalue weighted by atomic mass is 31.2. The topological polar surface area (TPSA) is 237 Å². The number of carbonyl (C=O) groups excluding carboxylic acids is 4. The molecular formula is C83H138O17P2. The molecule has 0 spiro atoms. The van der Waals surface area contributed by atoms with Crippen molar-refractivity contribution in [3.63, 3.8) is 0 Å². The van der Waals surface area contributed by atoms with Gasteiger partial charge in [-0.2, -0.15) is 0 Å². The predicted molar refractivity (Wildman–Crippen MR) is 417 cm³/mol. The molecule has 19 heteroatoms. The van der Waals surface area contributed by atoms with E-state index in [0.29, 0.717) is 32.1 Å². The molecule has 0 saturated heterocycles. The maximum absolute atomic E-state index is 13.1. The Hall–Kier alpha value is -5.06. The minimum Gasteiger partial charge on any atom is -0.462 e. The SMILES string of the molecule is CC/C=C\C/C=C\C/C=C\C/C=C\C/C=C\CCCC(=O)OCC(COP(=O)(O)OCC(O)COP(=O)(O)OCC(COC(=O)CCCCCCC/C=C\C/C=C\CCCCC)OC(=O)CCCCCCC/C=C\C/C=C\CCCCC)OC(=O)CCCCCCC/C=C\C/C=C\C/C=C\CC. The Morgan fingerprint density at radius 2 is 0.520 bits per heavy atom. The van der Waals surface area contributed by atoms with E-state index in [9.17, 15) is 43.2 Å². The van der Waals surface area contributed by atoms with Crippen LogP contribution in [0.3, 0.4) is 0 Å². The van der Waals surface area contributed by atoms with Crippen LogP contribution < -0.4 is 0 Å². The van der Waals surface area contributed by atoms with Crippen molar-refractivity contribution in [2.45, 2.75) is 316 Å². The number of aliphatic hydroxyl groups is 1. The fourth-order valence-electron chi connectivity index (χ4n) is 9.86. The molecule has 5 atom stereocenters. The molecule has 0 aliphatic rings. The summed E-state index contributed by atoms with van der Waals surface area (Å²) in [6.07, 6.45) is 84.0. The van der Waals surface area contributed by atoms with Crippen molar-refractivity contribution in [3.8, 4) is 0 Å². The molecule has 0 radical (unpaired) electrons. The van der Waals surface area contributed by atoms with Crippen LogP contribution in [-0.2, 0) is 65.4 Å². The van der Waals surface area contributed by atoms with E-state index in [2.05, 4.69) is 161 Å². The molecule has 0 aliphatic heterocycles. The maximum Gasteiger partial charge on any atom is 0.472 e. The van der Waals surface area contributed by atoms with Crippen LogP contribution in [0, 0.1) is 0 Å². The third-order valence-corrected chi connectivity index (χ3v) is 17.7. The molecule has 0 aromatic heterocycles. The Bertz CT molecular complexity index is 2510. The fourth-order valence-corrected chi connectivity index (χ4v) is 11.4. The van der Waals surface area contributed by atoms with Gasteiger partial charge in [-0.3, -0.25) is 37.3 Å². The zero-order valence-corrected chi connectivity index (χ0v) is 65.3. The van der Waals surface area contributed by atoms with E-state index in [0.717, 1.165) is 173 Å². The van der Waals surface area contributed by atoms with Crippen molar-refractivity contribution in [1.29, 1.82) is 0 Å². The average Bonchev–Trinajstić information content (AvgIpc) is 0.923. The minimum atomic E-state index is -5.00. The van der Waals surface area contributed by atoms with Crippen LogP contribution >= 0.6 is 15.6 Å². The first-order chi connectivity index (χ1) is 49.7. The lowest BCUT2D eigenvalue weighted by molar-refractivity contribution is -0.161. The third kappa shape index (κ3) is 73.3.